The van der Waals surface area contributed by atoms with Crippen LogP contribution >= 0.6 is 0 Å². The average Bonchev–Trinajstić information content (AvgIpc) is 3.04. The van der Waals surface area contributed by atoms with E-state index in [9.17, 15) is 31.1 Å². The number of halogens is 6. The molecule has 9 heteroatoms. The lowest BCUT2D eigenvalue weighted by Gasteiger charge is -2.34. The Kier molecular flexibility index (Phi) is 5.56. The standard InChI is InChI=1S/C21H25F6NO2/c1-18(2,3)30-17(29)28-10-8-19(9-11-28)16(20(19,23)24)7-5-13-4-6-14(22)12-15(13)21(25,26)27/h4,6,12,16H,5,7-11H2,1-3H3. The molecule has 1 aromatic carbocycles. The van der Waals surface area contributed by atoms with Gasteiger partial charge in [-0.3, -0.25) is 0 Å². The first-order valence-corrected chi connectivity index (χ1v) is 9.89. The summed E-state index contributed by atoms with van der Waals surface area (Å²) < 4.78 is 87.2. The Morgan fingerprint density at radius 3 is 2.30 bits per heavy atom. The van der Waals surface area contributed by atoms with E-state index in [-0.39, 0.29) is 44.3 Å². The third kappa shape index (κ3) is 4.25. The zero-order valence-electron chi connectivity index (χ0n) is 17.1. The summed E-state index contributed by atoms with van der Waals surface area (Å²) in [6.45, 7) is 5.38. The van der Waals surface area contributed by atoms with Gasteiger partial charge in [0, 0.05) is 24.4 Å². The maximum Gasteiger partial charge on any atom is 0.416 e. The molecule has 1 aliphatic carbocycles. The Morgan fingerprint density at radius 1 is 1.17 bits per heavy atom. The lowest BCUT2D eigenvalue weighted by Crippen LogP contribution is -2.43. The number of hydrogen-bond acceptors (Lipinski definition) is 2. The Bertz CT molecular complexity index is 807. The number of amides is 1. The number of hydrogen-bond donors (Lipinski definition) is 0. The van der Waals surface area contributed by atoms with Crippen molar-refractivity contribution in [1.29, 1.82) is 0 Å². The van der Waals surface area contributed by atoms with Crippen LogP contribution in [0, 0.1) is 17.2 Å². The van der Waals surface area contributed by atoms with Crippen molar-refractivity contribution in [2.45, 2.75) is 64.2 Å². The first kappa shape index (κ1) is 22.7. The second-order valence-electron chi connectivity index (χ2n) is 9.14. The first-order chi connectivity index (χ1) is 13.7. The second-order valence-corrected chi connectivity index (χ2v) is 9.14. The third-order valence-corrected chi connectivity index (χ3v) is 6.07. The molecule has 1 aromatic rings. The van der Waals surface area contributed by atoms with Crippen molar-refractivity contribution in [3.05, 3.63) is 35.1 Å². The Morgan fingerprint density at radius 2 is 1.77 bits per heavy atom. The van der Waals surface area contributed by atoms with Gasteiger partial charge in [0.05, 0.1) is 5.56 Å². The van der Waals surface area contributed by atoms with E-state index in [2.05, 4.69) is 0 Å². The van der Waals surface area contributed by atoms with E-state index in [0.29, 0.717) is 6.07 Å². The number of benzene rings is 1. The van der Waals surface area contributed by atoms with Crippen LogP contribution in [0.1, 0.15) is 51.2 Å². The van der Waals surface area contributed by atoms with Gasteiger partial charge in [-0.15, -0.1) is 0 Å². The predicted molar refractivity (Wildman–Crippen MR) is 97.6 cm³/mol. The fraction of sp³-hybridized carbons (Fsp3) is 0.667. The van der Waals surface area contributed by atoms with Crippen LogP contribution < -0.4 is 0 Å². The summed E-state index contributed by atoms with van der Waals surface area (Å²) in [5.41, 5.74) is -3.30. The summed E-state index contributed by atoms with van der Waals surface area (Å²) in [5, 5.41) is 0. The topological polar surface area (TPSA) is 29.5 Å². The van der Waals surface area contributed by atoms with Crippen molar-refractivity contribution in [3.8, 4) is 0 Å². The van der Waals surface area contributed by atoms with Gasteiger partial charge < -0.3 is 9.64 Å². The zero-order chi connectivity index (χ0) is 22.5. The van der Waals surface area contributed by atoms with Crippen LogP contribution in [0.15, 0.2) is 18.2 Å². The van der Waals surface area contributed by atoms with Crippen molar-refractivity contribution in [1.82, 2.24) is 4.90 Å². The maximum atomic E-state index is 14.6. The molecule has 1 atom stereocenters. The Hall–Kier alpha value is -1.93. The van der Waals surface area contributed by atoms with Gasteiger partial charge in [0.25, 0.3) is 5.92 Å². The molecule has 3 nitrogen and oxygen atoms in total. The number of carbonyl (C=O) groups is 1. The molecule has 1 aliphatic heterocycles. The molecule has 30 heavy (non-hydrogen) atoms. The highest BCUT2D eigenvalue weighted by Crippen LogP contribution is 2.72. The molecule has 1 saturated carbocycles. The summed E-state index contributed by atoms with van der Waals surface area (Å²) >= 11 is 0. The van der Waals surface area contributed by atoms with Crippen molar-refractivity contribution in [2.75, 3.05) is 13.1 Å². The Balaban J connectivity index is 1.64. The highest BCUT2D eigenvalue weighted by atomic mass is 19.4. The van der Waals surface area contributed by atoms with Gasteiger partial charge in [-0.2, -0.15) is 13.2 Å². The van der Waals surface area contributed by atoms with Gasteiger partial charge in [-0.1, -0.05) is 6.07 Å². The molecule has 168 valence electrons. The molecule has 3 rings (SSSR count). The number of carbonyl (C=O) groups excluding carboxylic acids is 1. The number of nitrogens with zero attached hydrogens (tertiary/aromatic N) is 1. The van der Waals surface area contributed by atoms with E-state index in [1.54, 1.807) is 20.8 Å². The molecule has 0 aromatic heterocycles. The smallest absolute Gasteiger partial charge is 0.416 e. The van der Waals surface area contributed by atoms with E-state index < -0.39 is 46.5 Å². The molecule has 2 fully saturated rings. The van der Waals surface area contributed by atoms with Gasteiger partial charge in [0.2, 0.25) is 0 Å². The normalized spacial score (nSPS) is 22.8. The minimum absolute atomic E-state index is 0.0689. The predicted octanol–water partition coefficient (Wildman–Crippen LogP) is 6.06. The van der Waals surface area contributed by atoms with E-state index in [1.165, 1.54) is 4.90 Å². The van der Waals surface area contributed by atoms with Crippen LogP contribution in [0.2, 0.25) is 0 Å². The lowest BCUT2D eigenvalue weighted by molar-refractivity contribution is -0.138. The van der Waals surface area contributed by atoms with Gasteiger partial charge in [0.1, 0.15) is 11.4 Å². The summed E-state index contributed by atoms with van der Waals surface area (Å²) in [4.78, 5) is 13.5. The second kappa shape index (κ2) is 7.34. The quantitative estimate of drug-likeness (QED) is 0.538. The maximum absolute atomic E-state index is 14.6. The van der Waals surface area contributed by atoms with Crippen LogP contribution in [-0.4, -0.2) is 35.6 Å². The van der Waals surface area contributed by atoms with Crippen molar-refractivity contribution in [2.24, 2.45) is 11.3 Å². The number of likely N-dealkylation sites (tertiary alicyclic amines) is 1. The van der Waals surface area contributed by atoms with E-state index in [4.69, 9.17) is 4.74 Å². The van der Waals surface area contributed by atoms with Crippen LogP contribution in [0.4, 0.5) is 31.1 Å². The van der Waals surface area contributed by atoms with E-state index in [0.717, 1.165) is 12.1 Å². The Labute approximate surface area is 171 Å². The highest BCUT2D eigenvalue weighted by Gasteiger charge is 2.79. The molecule has 1 saturated heterocycles. The molecule has 1 unspecified atom stereocenters. The fourth-order valence-electron chi connectivity index (χ4n) is 4.48. The zero-order valence-corrected chi connectivity index (χ0v) is 17.1. The number of piperidine rings is 1. The van der Waals surface area contributed by atoms with E-state index in [1.807, 2.05) is 0 Å². The molecule has 0 bridgehead atoms. The summed E-state index contributed by atoms with van der Waals surface area (Å²) in [6, 6.07) is 2.32. The lowest BCUT2D eigenvalue weighted by atomic mass is 9.88. The van der Waals surface area contributed by atoms with E-state index >= 15 is 0 Å². The highest BCUT2D eigenvalue weighted by molar-refractivity contribution is 5.68. The number of rotatable bonds is 3. The van der Waals surface area contributed by atoms with Crippen LogP contribution in [0.5, 0.6) is 0 Å². The van der Waals surface area contributed by atoms with Gasteiger partial charge in [0.15, 0.2) is 0 Å². The first-order valence-electron chi connectivity index (χ1n) is 9.89. The van der Waals surface area contributed by atoms with Gasteiger partial charge >= 0.3 is 12.3 Å². The molecule has 2 aliphatic rings. The summed E-state index contributed by atoms with van der Waals surface area (Å²) in [6.07, 6.45) is -5.51. The minimum atomic E-state index is -4.75. The largest absolute Gasteiger partial charge is 0.444 e. The molecule has 0 radical (unpaired) electrons. The average molecular weight is 437 g/mol. The van der Waals surface area contributed by atoms with Crippen molar-refractivity contribution >= 4 is 6.09 Å². The fourth-order valence-corrected chi connectivity index (χ4v) is 4.48. The number of ether oxygens (including phenoxy) is 1. The van der Waals surface area contributed by atoms with Gasteiger partial charge in [-0.05, 0) is 64.2 Å². The molecule has 1 amide bonds. The molecular weight excluding hydrogens is 412 g/mol. The minimum Gasteiger partial charge on any atom is -0.444 e. The number of aryl methyl sites for hydroxylation is 1. The molecule has 1 spiro atoms. The summed E-state index contributed by atoms with van der Waals surface area (Å²) in [5.74, 6) is -5.07. The van der Waals surface area contributed by atoms with Crippen LogP contribution in [0.25, 0.3) is 0 Å². The van der Waals surface area contributed by atoms with Crippen LogP contribution in [-0.2, 0) is 17.3 Å². The molecule has 0 N–H and O–H groups in total. The SMILES string of the molecule is CC(C)(C)OC(=O)N1CCC2(CC1)C(CCc1ccc(F)cc1C(F)(F)F)C2(F)F. The molecular formula is C21H25F6NO2. The monoisotopic (exact) mass is 437 g/mol. The van der Waals surface area contributed by atoms with Crippen molar-refractivity contribution in [3.63, 3.8) is 0 Å². The van der Waals surface area contributed by atoms with Gasteiger partial charge in [-0.25, -0.2) is 18.0 Å². The third-order valence-electron chi connectivity index (χ3n) is 6.07. The van der Waals surface area contributed by atoms with Crippen LogP contribution in [0.3, 0.4) is 0 Å². The van der Waals surface area contributed by atoms with Crippen molar-refractivity contribution < 1.29 is 35.9 Å². The summed E-state index contributed by atoms with van der Waals surface area (Å²) in [7, 11) is 0. The molecule has 1 heterocycles. The number of alkyl halides is 5.